The van der Waals surface area contributed by atoms with Crippen LogP contribution in [0.5, 0.6) is 0 Å². The van der Waals surface area contributed by atoms with E-state index in [9.17, 15) is 18.0 Å². The highest BCUT2D eigenvalue weighted by molar-refractivity contribution is 7.89. The molecule has 7 heteroatoms. The quantitative estimate of drug-likeness (QED) is 0.684. The molecule has 0 aliphatic rings. The third-order valence-electron chi connectivity index (χ3n) is 2.31. The second-order valence-electron chi connectivity index (χ2n) is 4.99. The lowest BCUT2D eigenvalue weighted by Gasteiger charge is -2.16. The molecule has 0 aliphatic carbocycles. The summed E-state index contributed by atoms with van der Waals surface area (Å²) in [5.74, 6) is -0.825. The lowest BCUT2D eigenvalue weighted by molar-refractivity contribution is -0.140. The number of hydrogen-bond donors (Lipinski definition) is 1. The zero-order valence-electron chi connectivity index (χ0n) is 11.3. The first-order chi connectivity index (χ1) is 8.08. The predicted molar refractivity (Wildman–Crippen MR) is 67.5 cm³/mol. The minimum atomic E-state index is -3.52. The Labute approximate surface area is 108 Å². The topological polar surface area (TPSA) is 89.5 Å². The molecule has 0 aromatic carbocycles. The monoisotopic (exact) mass is 279 g/mol. The Balaban J connectivity index is 4.10. The Bertz CT molecular complexity index is 394. The number of hydrogen-bond acceptors (Lipinski definition) is 5. The highest BCUT2D eigenvalue weighted by Gasteiger charge is 2.22. The molecule has 0 rings (SSSR count). The molecule has 18 heavy (non-hydrogen) atoms. The van der Waals surface area contributed by atoms with E-state index in [0.717, 1.165) is 0 Å². The van der Waals surface area contributed by atoms with E-state index < -0.39 is 21.4 Å². The molecule has 0 heterocycles. The summed E-state index contributed by atoms with van der Waals surface area (Å²) < 4.78 is 29.7. The van der Waals surface area contributed by atoms with Gasteiger partial charge in [-0.1, -0.05) is 20.8 Å². The number of methoxy groups -OCH3 is 1. The summed E-state index contributed by atoms with van der Waals surface area (Å²) >= 11 is 0. The molecule has 0 spiro atoms. The minimum Gasteiger partial charge on any atom is -0.469 e. The maximum Gasteiger partial charge on any atom is 0.305 e. The summed E-state index contributed by atoms with van der Waals surface area (Å²) in [6.45, 7) is 4.95. The Kier molecular flexibility index (Phi) is 6.48. The van der Waals surface area contributed by atoms with Crippen LogP contribution in [0.4, 0.5) is 0 Å². The van der Waals surface area contributed by atoms with Crippen LogP contribution < -0.4 is 4.72 Å². The van der Waals surface area contributed by atoms with Gasteiger partial charge in [-0.05, 0) is 6.42 Å². The second kappa shape index (κ2) is 6.84. The molecule has 0 bridgehead atoms. The maximum atomic E-state index is 11.5. The fourth-order valence-corrected chi connectivity index (χ4v) is 2.04. The standard InChI is InChI=1S/C11H21NO5S/c1-11(2,3)9(13)8-12-18(15,16)7-5-6-10(14)17-4/h12H,5-8H2,1-4H3. The lowest BCUT2D eigenvalue weighted by Crippen LogP contribution is -2.36. The summed E-state index contributed by atoms with van der Waals surface area (Å²) in [6, 6.07) is 0. The van der Waals surface area contributed by atoms with Gasteiger partial charge in [0.2, 0.25) is 10.0 Å². The normalized spacial score (nSPS) is 12.2. The minimum absolute atomic E-state index is 0.0463. The Morgan fingerprint density at radius 3 is 2.22 bits per heavy atom. The average Bonchev–Trinajstić information content (AvgIpc) is 2.24. The van der Waals surface area contributed by atoms with Crippen molar-refractivity contribution in [1.82, 2.24) is 4.72 Å². The fourth-order valence-electron chi connectivity index (χ4n) is 1.02. The van der Waals surface area contributed by atoms with E-state index in [2.05, 4.69) is 9.46 Å². The molecule has 106 valence electrons. The Hall–Kier alpha value is -0.950. The average molecular weight is 279 g/mol. The van der Waals surface area contributed by atoms with Crippen LogP contribution in [0.1, 0.15) is 33.6 Å². The van der Waals surface area contributed by atoms with Crippen LogP contribution >= 0.6 is 0 Å². The first kappa shape index (κ1) is 17.1. The molecule has 0 fully saturated rings. The highest BCUT2D eigenvalue weighted by atomic mass is 32.2. The van der Waals surface area contributed by atoms with Gasteiger partial charge in [-0.3, -0.25) is 9.59 Å². The number of carbonyl (C=O) groups excluding carboxylic acids is 2. The molecule has 0 amide bonds. The van der Waals surface area contributed by atoms with Gasteiger partial charge in [-0.15, -0.1) is 0 Å². The van der Waals surface area contributed by atoms with Crippen molar-refractivity contribution in [3.63, 3.8) is 0 Å². The van der Waals surface area contributed by atoms with E-state index >= 15 is 0 Å². The van der Waals surface area contributed by atoms with Crippen molar-refractivity contribution < 1.29 is 22.7 Å². The Morgan fingerprint density at radius 2 is 1.78 bits per heavy atom. The Morgan fingerprint density at radius 1 is 1.22 bits per heavy atom. The van der Waals surface area contributed by atoms with Gasteiger partial charge in [0.05, 0.1) is 19.4 Å². The van der Waals surface area contributed by atoms with Crippen LogP contribution in [0.25, 0.3) is 0 Å². The summed E-state index contributed by atoms with van der Waals surface area (Å²) in [6.07, 6.45) is 0.219. The zero-order chi connectivity index (χ0) is 14.4. The fraction of sp³-hybridized carbons (Fsp3) is 0.818. The number of carbonyl (C=O) groups is 2. The summed E-state index contributed by atoms with van der Waals surface area (Å²) in [4.78, 5) is 22.3. The molecule has 0 saturated carbocycles. The lowest BCUT2D eigenvalue weighted by atomic mass is 9.91. The first-order valence-electron chi connectivity index (χ1n) is 5.66. The number of ether oxygens (including phenoxy) is 1. The summed E-state index contributed by atoms with van der Waals surface area (Å²) in [5.41, 5.74) is -0.575. The van der Waals surface area contributed by atoms with Gasteiger partial charge in [-0.25, -0.2) is 13.1 Å². The van der Waals surface area contributed by atoms with Crippen LogP contribution in [0.3, 0.4) is 0 Å². The van der Waals surface area contributed by atoms with Crippen LogP contribution in [0.15, 0.2) is 0 Å². The molecule has 0 aliphatic heterocycles. The number of nitrogens with one attached hydrogen (secondary N) is 1. The van der Waals surface area contributed by atoms with E-state index in [-0.39, 0.29) is 30.9 Å². The van der Waals surface area contributed by atoms with Crippen molar-refractivity contribution in [2.24, 2.45) is 5.41 Å². The maximum absolute atomic E-state index is 11.5. The van der Waals surface area contributed by atoms with E-state index in [1.807, 2.05) is 0 Å². The molecular formula is C11H21NO5S. The number of esters is 1. The van der Waals surface area contributed by atoms with E-state index in [4.69, 9.17) is 0 Å². The second-order valence-corrected chi connectivity index (χ2v) is 6.92. The van der Waals surface area contributed by atoms with Crippen molar-refractivity contribution >= 4 is 21.8 Å². The molecule has 0 saturated heterocycles. The molecule has 1 N–H and O–H groups in total. The molecule has 0 aromatic heterocycles. The van der Waals surface area contributed by atoms with Crippen molar-refractivity contribution in [2.45, 2.75) is 33.6 Å². The number of ketones is 1. The molecule has 0 atom stereocenters. The molecule has 0 radical (unpaired) electrons. The first-order valence-corrected chi connectivity index (χ1v) is 7.31. The summed E-state index contributed by atoms with van der Waals surface area (Å²) in [7, 11) is -2.27. The van der Waals surface area contributed by atoms with Crippen molar-refractivity contribution in [1.29, 1.82) is 0 Å². The van der Waals surface area contributed by atoms with Crippen LogP contribution in [-0.4, -0.2) is 39.6 Å². The van der Waals surface area contributed by atoms with Crippen molar-refractivity contribution in [3.05, 3.63) is 0 Å². The number of Topliss-reactive ketones (excluding diaryl/α,β-unsaturated/α-hetero) is 1. The molecule has 6 nitrogen and oxygen atoms in total. The molecule has 0 unspecified atom stereocenters. The zero-order valence-corrected chi connectivity index (χ0v) is 12.1. The predicted octanol–water partition coefficient (Wildman–Crippen LogP) is 0.474. The van der Waals surface area contributed by atoms with Crippen LogP contribution in [0, 0.1) is 5.41 Å². The van der Waals surface area contributed by atoms with E-state index in [1.54, 1.807) is 20.8 Å². The van der Waals surface area contributed by atoms with E-state index in [0.29, 0.717) is 0 Å². The van der Waals surface area contributed by atoms with Gasteiger partial charge < -0.3 is 4.74 Å². The summed E-state index contributed by atoms with van der Waals surface area (Å²) in [5, 5.41) is 0. The largest absolute Gasteiger partial charge is 0.469 e. The van der Waals surface area contributed by atoms with Crippen LogP contribution in [-0.2, 0) is 24.3 Å². The van der Waals surface area contributed by atoms with Gasteiger partial charge >= 0.3 is 5.97 Å². The van der Waals surface area contributed by atoms with Gasteiger partial charge in [0.1, 0.15) is 0 Å². The van der Waals surface area contributed by atoms with Gasteiger partial charge in [0.25, 0.3) is 0 Å². The smallest absolute Gasteiger partial charge is 0.305 e. The third kappa shape index (κ3) is 7.39. The highest BCUT2D eigenvalue weighted by Crippen LogP contribution is 2.13. The number of sulfonamides is 1. The van der Waals surface area contributed by atoms with Gasteiger partial charge in [-0.2, -0.15) is 0 Å². The van der Waals surface area contributed by atoms with Crippen molar-refractivity contribution in [3.8, 4) is 0 Å². The third-order valence-corrected chi connectivity index (χ3v) is 3.72. The molecular weight excluding hydrogens is 258 g/mol. The SMILES string of the molecule is COC(=O)CCCS(=O)(=O)NCC(=O)C(C)(C)C. The van der Waals surface area contributed by atoms with Gasteiger partial charge in [0.15, 0.2) is 5.78 Å². The van der Waals surface area contributed by atoms with Crippen LogP contribution in [0.2, 0.25) is 0 Å². The van der Waals surface area contributed by atoms with Gasteiger partial charge in [0, 0.05) is 11.8 Å². The molecule has 0 aromatic rings. The number of rotatable bonds is 7. The van der Waals surface area contributed by atoms with Crippen molar-refractivity contribution in [2.75, 3.05) is 19.4 Å². The van der Waals surface area contributed by atoms with E-state index in [1.165, 1.54) is 7.11 Å².